The summed E-state index contributed by atoms with van der Waals surface area (Å²) in [5, 5.41) is 1.24. The van der Waals surface area contributed by atoms with Crippen molar-refractivity contribution >= 4 is 29.2 Å². The Bertz CT molecular complexity index is 460. The minimum atomic E-state index is 0.766. The molecule has 0 aliphatic carbocycles. The van der Waals surface area contributed by atoms with Crippen molar-refractivity contribution in [2.75, 3.05) is 5.73 Å². The molecule has 0 aliphatic rings. The summed E-state index contributed by atoms with van der Waals surface area (Å²) in [4.78, 5) is 0. The molecule has 0 saturated carbocycles. The van der Waals surface area contributed by atoms with Crippen LogP contribution in [-0.2, 0) is 12.3 Å². The number of anilines is 1. The van der Waals surface area contributed by atoms with Crippen molar-refractivity contribution in [2.24, 2.45) is 0 Å². The van der Waals surface area contributed by atoms with Gasteiger partial charge in [-0.05, 0) is 25.1 Å². The Morgan fingerprint density at radius 2 is 2.14 bits per heavy atom. The first-order valence-electron chi connectivity index (χ1n) is 4.74. The van der Waals surface area contributed by atoms with Gasteiger partial charge in [0.1, 0.15) is 0 Å². The van der Waals surface area contributed by atoms with E-state index in [2.05, 4.69) is 36.3 Å². The van der Waals surface area contributed by atoms with Crippen LogP contribution in [0.5, 0.6) is 0 Å². The topological polar surface area (TPSA) is 30.9 Å². The smallest absolute Gasteiger partial charge is 0.0503 e. The van der Waals surface area contributed by atoms with Gasteiger partial charge in [0, 0.05) is 29.1 Å². The number of aryl methyl sites for hydroxylation is 1. The van der Waals surface area contributed by atoms with E-state index in [1.807, 2.05) is 12.1 Å². The summed E-state index contributed by atoms with van der Waals surface area (Å²) in [5.41, 5.74) is 9.03. The average Bonchev–Trinajstić information content (AvgIpc) is 2.54. The SMILES string of the molecule is CCn1c(CS)cc2ccc(N)cc21. The maximum absolute atomic E-state index is 5.77. The highest BCUT2D eigenvalue weighted by atomic mass is 32.1. The van der Waals surface area contributed by atoms with Crippen LogP contribution in [0.15, 0.2) is 24.3 Å². The minimum Gasteiger partial charge on any atom is -0.399 e. The molecule has 0 radical (unpaired) electrons. The Hall–Kier alpha value is -1.09. The van der Waals surface area contributed by atoms with E-state index < -0.39 is 0 Å². The average molecular weight is 206 g/mol. The molecule has 2 rings (SSSR count). The molecule has 0 saturated heterocycles. The number of nitrogens with two attached hydrogens (primary N) is 1. The molecule has 74 valence electrons. The number of thiol groups is 1. The van der Waals surface area contributed by atoms with Gasteiger partial charge in [-0.1, -0.05) is 6.07 Å². The van der Waals surface area contributed by atoms with Gasteiger partial charge in [-0.3, -0.25) is 0 Å². The summed E-state index contributed by atoms with van der Waals surface area (Å²) in [6.07, 6.45) is 0. The lowest BCUT2D eigenvalue weighted by Gasteiger charge is -2.05. The Morgan fingerprint density at radius 1 is 1.36 bits per heavy atom. The third-order valence-electron chi connectivity index (χ3n) is 2.49. The minimum absolute atomic E-state index is 0.766. The number of benzene rings is 1. The predicted octanol–water partition coefficient (Wildman–Crippen LogP) is 2.67. The highest BCUT2D eigenvalue weighted by Crippen LogP contribution is 2.23. The first kappa shape index (κ1) is 9.46. The highest BCUT2D eigenvalue weighted by Gasteiger charge is 2.05. The fraction of sp³-hybridized carbons (Fsp3) is 0.273. The zero-order valence-electron chi connectivity index (χ0n) is 8.20. The van der Waals surface area contributed by atoms with Crippen molar-refractivity contribution in [2.45, 2.75) is 19.2 Å². The molecule has 0 bridgehead atoms. The molecule has 14 heavy (non-hydrogen) atoms. The first-order valence-corrected chi connectivity index (χ1v) is 5.38. The molecular weight excluding hydrogens is 192 g/mol. The number of hydrogen-bond acceptors (Lipinski definition) is 2. The van der Waals surface area contributed by atoms with E-state index in [1.54, 1.807) is 0 Å². The van der Waals surface area contributed by atoms with Crippen LogP contribution in [0.4, 0.5) is 5.69 Å². The van der Waals surface area contributed by atoms with Crippen molar-refractivity contribution in [3.05, 3.63) is 30.0 Å². The molecular formula is C11H14N2S. The lowest BCUT2D eigenvalue weighted by Crippen LogP contribution is -1.98. The van der Waals surface area contributed by atoms with E-state index in [1.165, 1.54) is 16.6 Å². The molecule has 1 heterocycles. The van der Waals surface area contributed by atoms with Gasteiger partial charge in [0.25, 0.3) is 0 Å². The van der Waals surface area contributed by atoms with Gasteiger partial charge >= 0.3 is 0 Å². The van der Waals surface area contributed by atoms with Crippen molar-refractivity contribution in [3.63, 3.8) is 0 Å². The first-order chi connectivity index (χ1) is 6.76. The summed E-state index contributed by atoms with van der Waals surface area (Å²) in [6, 6.07) is 8.19. The fourth-order valence-electron chi connectivity index (χ4n) is 1.83. The molecule has 0 spiro atoms. The van der Waals surface area contributed by atoms with Crippen LogP contribution in [0.3, 0.4) is 0 Å². The molecule has 1 aromatic carbocycles. The van der Waals surface area contributed by atoms with Gasteiger partial charge < -0.3 is 10.3 Å². The third kappa shape index (κ3) is 1.38. The van der Waals surface area contributed by atoms with Crippen molar-refractivity contribution < 1.29 is 0 Å². The molecule has 0 aliphatic heterocycles. The molecule has 2 aromatic rings. The largest absolute Gasteiger partial charge is 0.399 e. The number of nitrogens with zero attached hydrogens (tertiary/aromatic N) is 1. The maximum atomic E-state index is 5.77. The van der Waals surface area contributed by atoms with Gasteiger partial charge in [0.05, 0.1) is 5.52 Å². The van der Waals surface area contributed by atoms with E-state index in [-0.39, 0.29) is 0 Å². The second kappa shape index (κ2) is 3.58. The van der Waals surface area contributed by atoms with Gasteiger partial charge in [0.15, 0.2) is 0 Å². The summed E-state index contributed by atoms with van der Waals surface area (Å²) in [5.74, 6) is 0.766. The summed E-state index contributed by atoms with van der Waals surface area (Å²) < 4.78 is 2.25. The van der Waals surface area contributed by atoms with Gasteiger partial charge in [0.2, 0.25) is 0 Å². The number of hydrogen-bond donors (Lipinski definition) is 2. The second-order valence-corrected chi connectivity index (χ2v) is 3.67. The van der Waals surface area contributed by atoms with Gasteiger partial charge in [-0.25, -0.2) is 0 Å². The van der Waals surface area contributed by atoms with E-state index in [0.717, 1.165) is 18.0 Å². The normalized spacial score (nSPS) is 11.0. The van der Waals surface area contributed by atoms with Crippen LogP contribution in [0.1, 0.15) is 12.6 Å². The predicted molar refractivity (Wildman–Crippen MR) is 64.7 cm³/mol. The second-order valence-electron chi connectivity index (χ2n) is 3.36. The van der Waals surface area contributed by atoms with E-state index in [9.17, 15) is 0 Å². The van der Waals surface area contributed by atoms with Crippen LogP contribution in [-0.4, -0.2) is 4.57 Å². The molecule has 1 aromatic heterocycles. The lowest BCUT2D eigenvalue weighted by atomic mass is 10.2. The summed E-state index contributed by atoms with van der Waals surface area (Å²) >= 11 is 4.32. The summed E-state index contributed by atoms with van der Waals surface area (Å²) in [7, 11) is 0. The van der Waals surface area contributed by atoms with E-state index in [0.29, 0.717) is 0 Å². The molecule has 2 nitrogen and oxygen atoms in total. The summed E-state index contributed by atoms with van der Waals surface area (Å²) in [6.45, 7) is 3.10. The Balaban J connectivity index is 2.74. The van der Waals surface area contributed by atoms with Crippen LogP contribution < -0.4 is 5.73 Å². The number of rotatable bonds is 2. The molecule has 0 atom stereocenters. The molecule has 0 amide bonds. The number of fused-ring (bicyclic) bond motifs is 1. The van der Waals surface area contributed by atoms with Crippen molar-refractivity contribution in [1.29, 1.82) is 0 Å². The zero-order chi connectivity index (χ0) is 10.1. The van der Waals surface area contributed by atoms with Crippen molar-refractivity contribution in [1.82, 2.24) is 4.57 Å². The maximum Gasteiger partial charge on any atom is 0.0503 e. The molecule has 3 heteroatoms. The third-order valence-corrected chi connectivity index (χ3v) is 2.82. The number of aromatic nitrogens is 1. The van der Waals surface area contributed by atoms with Crippen molar-refractivity contribution in [3.8, 4) is 0 Å². The monoisotopic (exact) mass is 206 g/mol. The van der Waals surface area contributed by atoms with Crippen LogP contribution in [0.25, 0.3) is 10.9 Å². The highest BCUT2D eigenvalue weighted by molar-refractivity contribution is 7.79. The fourth-order valence-corrected chi connectivity index (χ4v) is 2.10. The van der Waals surface area contributed by atoms with Crippen LogP contribution >= 0.6 is 12.6 Å². The van der Waals surface area contributed by atoms with Crippen LogP contribution in [0.2, 0.25) is 0 Å². The van der Waals surface area contributed by atoms with E-state index >= 15 is 0 Å². The Kier molecular flexibility index (Phi) is 2.42. The van der Waals surface area contributed by atoms with Gasteiger partial charge in [-0.15, -0.1) is 0 Å². The number of nitrogen functional groups attached to an aromatic ring is 1. The Labute approximate surface area is 89.1 Å². The lowest BCUT2D eigenvalue weighted by molar-refractivity contribution is 0.766. The van der Waals surface area contributed by atoms with Gasteiger partial charge in [-0.2, -0.15) is 12.6 Å². The Morgan fingerprint density at radius 3 is 2.79 bits per heavy atom. The zero-order valence-corrected chi connectivity index (χ0v) is 9.09. The molecule has 0 unspecified atom stereocenters. The molecule has 0 fully saturated rings. The van der Waals surface area contributed by atoms with Crippen LogP contribution in [0, 0.1) is 0 Å². The standard InChI is InChI=1S/C11H14N2S/c1-2-13-10(7-14)5-8-3-4-9(12)6-11(8)13/h3-6,14H,2,7,12H2,1H3. The van der Waals surface area contributed by atoms with E-state index in [4.69, 9.17) is 5.73 Å². The molecule has 2 N–H and O–H groups in total. The quantitative estimate of drug-likeness (QED) is 0.574.